The fourth-order valence-electron chi connectivity index (χ4n) is 3.13. The van der Waals surface area contributed by atoms with Crippen molar-refractivity contribution in [3.05, 3.63) is 86.3 Å². The van der Waals surface area contributed by atoms with E-state index in [9.17, 15) is 0 Å². The number of nitrogens with zero attached hydrogens (tertiary/aromatic N) is 1. The summed E-state index contributed by atoms with van der Waals surface area (Å²) in [5.41, 5.74) is 5.11. The Labute approximate surface area is 182 Å². The van der Waals surface area contributed by atoms with Crippen LogP contribution in [0.4, 0.5) is 0 Å². The molecule has 142 valence electrons. The third-order valence-corrected chi connectivity index (χ3v) is 5.74. The van der Waals surface area contributed by atoms with Gasteiger partial charge in [0.25, 0.3) is 0 Å². The standard InChI is InChI=1S/C22H18BrCl2N3/c23-16-7-4-14(5-8-16)10-11-26-13-15-6-9-19-20(12-15)28-22(27-19)21-17(24)2-1-3-18(21)25/h1-9,12,26H,10-11,13H2,(H,27,28). The van der Waals surface area contributed by atoms with Crippen molar-refractivity contribution in [2.75, 3.05) is 6.54 Å². The lowest BCUT2D eigenvalue weighted by Gasteiger charge is -2.05. The number of hydrogen-bond acceptors (Lipinski definition) is 2. The van der Waals surface area contributed by atoms with Gasteiger partial charge >= 0.3 is 0 Å². The molecule has 0 atom stereocenters. The smallest absolute Gasteiger partial charge is 0.141 e. The van der Waals surface area contributed by atoms with Gasteiger partial charge in [-0.2, -0.15) is 0 Å². The van der Waals surface area contributed by atoms with Crippen molar-refractivity contribution in [3.8, 4) is 11.4 Å². The van der Waals surface area contributed by atoms with Gasteiger partial charge < -0.3 is 10.3 Å². The van der Waals surface area contributed by atoms with E-state index in [0.29, 0.717) is 15.9 Å². The first kappa shape index (κ1) is 19.5. The molecule has 28 heavy (non-hydrogen) atoms. The quantitative estimate of drug-likeness (QED) is 0.308. The van der Waals surface area contributed by atoms with Crippen molar-refractivity contribution in [1.82, 2.24) is 15.3 Å². The van der Waals surface area contributed by atoms with Crippen LogP contribution in [0, 0.1) is 0 Å². The first-order valence-corrected chi connectivity index (χ1v) is 10.5. The van der Waals surface area contributed by atoms with E-state index in [-0.39, 0.29) is 0 Å². The lowest BCUT2D eigenvalue weighted by atomic mass is 10.1. The summed E-state index contributed by atoms with van der Waals surface area (Å²) in [7, 11) is 0. The highest BCUT2D eigenvalue weighted by Gasteiger charge is 2.12. The Bertz CT molecular complexity index is 1090. The number of nitrogens with one attached hydrogen (secondary N) is 2. The van der Waals surface area contributed by atoms with Gasteiger partial charge in [0.2, 0.25) is 0 Å². The molecule has 0 unspecified atom stereocenters. The molecule has 0 fully saturated rings. The molecule has 0 aliphatic rings. The fourth-order valence-corrected chi connectivity index (χ4v) is 3.97. The van der Waals surface area contributed by atoms with Gasteiger partial charge in [0, 0.05) is 11.0 Å². The number of benzene rings is 3. The van der Waals surface area contributed by atoms with Gasteiger partial charge in [-0.25, -0.2) is 4.98 Å². The summed E-state index contributed by atoms with van der Waals surface area (Å²) in [6.45, 7) is 1.72. The third kappa shape index (κ3) is 4.41. The SMILES string of the molecule is Clc1cccc(Cl)c1-c1nc2ccc(CNCCc3ccc(Br)cc3)cc2[nH]1. The van der Waals surface area contributed by atoms with Crippen LogP contribution in [0.2, 0.25) is 10.0 Å². The van der Waals surface area contributed by atoms with Crippen molar-refractivity contribution in [2.45, 2.75) is 13.0 Å². The van der Waals surface area contributed by atoms with Crippen LogP contribution in [-0.4, -0.2) is 16.5 Å². The Morgan fingerprint density at radius 1 is 0.929 bits per heavy atom. The highest BCUT2D eigenvalue weighted by Crippen LogP contribution is 2.33. The van der Waals surface area contributed by atoms with E-state index in [1.165, 1.54) is 11.1 Å². The van der Waals surface area contributed by atoms with Crippen LogP contribution < -0.4 is 5.32 Å². The second-order valence-electron chi connectivity index (χ2n) is 6.59. The number of H-pyrrole nitrogens is 1. The summed E-state index contributed by atoms with van der Waals surface area (Å²) in [6.07, 6.45) is 0.995. The van der Waals surface area contributed by atoms with Crippen LogP contribution in [0.15, 0.2) is 65.1 Å². The molecule has 3 nitrogen and oxygen atoms in total. The van der Waals surface area contributed by atoms with Crippen molar-refractivity contribution in [1.29, 1.82) is 0 Å². The van der Waals surface area contributed by atoms with Gasteiger partial charge in [-0.15, -0.1) is 0 Å². The molecule has 4 aromatic rings. The number of aromatic amines is 1. The zero-order valence-electron chi connectivity index (χ0n) is 15.0. The molecule has 0 radical (unpaired) electrons. The molecule has 0 aliphatic carbocycles. The average molecular weight is 475 g/mol. The molecule has 1 heterocycles. The number of imidazole rings is 1. The van der Waals surface area contributed by atoms with Crippen LogP contribution in [0.3, 0.4) is 0 Å². The minimum atomic E-state index is 0.585. The molecular weight excluding hydrogens is 457 g/mol. The summed E-state index contributed by atoms with van der Waals surface area (Å²) >= 11 is 16.1. The molecule has 0 aliphatic heterocycles. The van der Waals surface area contributed by atoms with Crippen LogP contribution in [-0.2, 0) is 13.0 Å². The van der Waals surface area contributed by atoms with Crippen LogP contribution in [0.5, 0.6) is 0 Å². The first-order chi connectivity index (χ1) is 13.6. The highest BCUT2D eigenvalue weighted by atomic mass is 79.9. The second-order valence-corrected chi connectivity index (χ2v) is 8.32. The predicted molar refractivity (Wildman–Crippen MR) is 121 cm³/mol. The first-order valence-electron chi connectivity index (χ1n) is 8.98. The minimum absolute atomic E-state index is 0.585. The van der Waals surface area contributed by atoms with Crippen molar-refractivity contribution in [2.24, 2.45) is 0 Å². The van der Waals surface area contributed by atoms with E-state index in [0.717, 1.165) is 40.6 Å². The van der Waals surface area contributed by atoms with E-state index >= 15 is 0 Å². The van der Waals surface area contributed by atoms with Crippen molar-refractivity contribution < 1.29 is 0 Å². The molecule has 0 spiro atoms. The topological polar surface area (TPSA) is 40.7 Å². The van der Waals surface area contributed by atoms with E-state index in [1.54, 1.807) is 0 Å². The molecule has 0 saturated carbocycles. The van der Waals surface area contributed by atoms with Gasteiger partial charge in [-0.1, -0.05) is 63.4 Å². The molecule has 0 saturated heterocycles. The number of rotatable bonds is 6. The Kier molecular flexibility index (Phi) is 6.02. The van der Waals surface area contributed by atoms with E-state index in [2.05, 4.69) is 67.6 Å². The van der Waals surface area contributed by atoms with E-state index in [4.69, 9.17) is 23.2 Å². The Morgan fingerprint density at radius 3 is 2.39 bits per heavy atom. The van der Waals surface area contributed by atoms with Crippen molar-refractivity contribution in [3.63, 3.8) is 0 Å². The van der Waals surface area contributed by atoms with Gasteiger partial charge in [0.1, 0.15) is 5.82 Å². The van der Waals surface area contributed by atoms with Gasteiger partial charge in [0.15, 0.2) is 0 Å². The largest absolute Gasteiger partial charge is 0.338 e. The highest BCUT2D eigenvalue weighted by molar-refractivity contribution is 9.10. The lowest BCUT2D eigenvalue weighted by Crippen LogP contribution is -2.16. The minimum Gasteiger partial charge on any atom is -0.338 e. The van der Waals surface area contributed by atoms with Crippen LogP contribution in [0.1, 0.15) is 11.1 Å². The molecular formula is C22H18BrCl2N3. The zero-order chi connectivity index (χ0) is 19.5. The number of aromatic nitrogens is 2. The van der Waals surface area contributed by atoms with Gasteiger partial charge in [-0.3, -0.25) is 0 Å². The molecule has 1 aromatic heterocycles. The molecule has 0 bridgehead atoms. The number of halogens is 3. The molecule has 4 rings (SSSR count). The summed E-state index contributed by atoms with van der Waals surface area (Å²) in [5.74, 6) is 0.686. The summed E-state index contributed by atoms with van der Waals surface area (Å²) in [4.78, 5) is 7.98. The van der Waals surface area contributed by atoms with Gasteiger partial charge in [0.05, 0.1) is 26.6 Å². The Balaban J connectivity index is 1.44. The Hall–Kier alpha value is -1.85. The Morgan fingerprint density at radius 2 is 1.64 bits per heavy atom. The number of fused-ring (bicyclic) bond motifs is 1. The van der Waals surface area contributed by atoms with E-state index < -0.39 is 0 Å². The third-order valence-electron chi connectivity index (χ3n) is 4.58. The zero-order valence-corrected chi connectivity index (χ0v) is 18.1. The van der Waals surface area contributed by atoms with Crippen molar-refractivity contribution >= 4 is 50.2 Å². The number of hydrogen-bond donors (Lipinski definition) is 2. The average Bonchev–Trinajstić information content (AvgIpc) is 3.09. The monoisotopic (exact) mass is 473 g/mol. The maximum Gasteiger partial charge on any atom is 0.141 e. The normalized spacial score (nSPS) is 11.2. The molecule has 3 aromatic carbocycles. The predicted octanol–water partition coefficient (Wildman–Crippen LogP) is 6.63. The molecule has 2 N–H and O–H groups in total. The lowest BCUT2D eigenvalue weighted by molar-refractivity contribution is 0.687. The van der Waals surface area contributed by atoms with Gasteiger partial charge in [-0.05, 0) is 60.5 Å². The van der Waals surface area contributed by atoms with Crippen LogP contribution >= 0.6 is 39.1 Å². The van der Waals surface area contributed by atoms with E-state index in [1.807, 2.05) is 24.3 Å². The summed E-state index contributed by atoms with van der Waals surface area (Å²) < 4.78 is 1.11. The van der Waals surface area contributed by atoms with Crippen LogP contribution in [0.25, 0.3) is 22.4 Å². The fraction of sp³-hybridized carbons (Fsp3) is 0.136. The second kappa shape index (κ2) is 8.66. The summed E-state index contributed by atoms with van der Waals surface area (Å²) in [5, 5.41) is 4.67. The maximum absolute atomic E-state index is 6.31. The molecule has 0 amide bonds. The molecule has 6 heteroatoms. The maximum atomic E-state index is 6.31. The summed E-state index contributed by atoms with van der Waals surface area (Å²) in [6, 6.07) is 20.1.